The van der Waals surface area contributed by atoms with Gasteiger partial charge >= 0.3 is 5.97 Å². The number of carboxylic acid groups (broad SMARTS) is 1. The van der Waals surface area contributed by atoms with Crippen LogP contribution in [0.2, 0.25) is 0 Å². The molecule has 1 saturated heterocycles. The first-order chi connectivity index (χ1) is 15.5. The van der Waals surface area contributed by atoms with Gasteiger partial charge in [0, 0.05) is 47.8 Å². The molecule has 0 aliphatic carbocycles. The monoisotopic (exact) mass is 451 g/mol. The van der Waals surface area contributed by atoms with Gasteiger partial charge in [-0.2, -0.15) is 5.11 Å². The summed E-state index contributed by atoms with van der Waals surface area (Å²) in [7, 11) is 0. The van der Waals surface area contributed by atoms with Crippen molar-refractivity contribution < 1.29 is 14.8 Å². The number of aliphatic carboxylic acids is 1. The fraction of sp³-hybridized carbons (Fsp3) is 0.273. The summed E-state index contributed by atoms with van der Waals surface area (Å²) in [5, 5.41) is 30.8. The first-order valence-electron chi connectivity index (χ1n) is 10.2. The second-order valence-electron chi connectivity index (χ2n) is 7.42. The lowest BCUT2D eigenvalue weighted by molar-refractivity contribution is -0.385. The molecule has 0 spiro atoms. The number of nitro benzene ring substituents is 1. The second-order valence-corrected chi connectivity index (χ2v) is 8.25. The van der Waals surface area contributed by atoms with Crippen LogP contribution in [0.25, 0.3) is 11.3 Å². The number of thiazole rings is 1. The molecule has 0 saturated carbocycles. The average Bonchev–Trinajstić information content (AvgIpc) is 3.49. The standard InChI is InChI=1S/C22H21N5O4S/c28-21(29)18(13-16-5-1-2-6-20(16)27(30)31)24-25-22-23-19(14-32-22)15-7-9-17(10-8-15)26-11-3-4-12-26/h1-2,5-10,14,18H,3-4,11-13H2,(H,28,29). The highest BCUT2D eigenvalue weighted by atomic mass is 32.1. The van der Waals surface area contributed by atoms with Crippen LogP contribution in [0.3, 0.4) is 0 Å². The van der Waals surface area contributed by atoms with Gasteiger partial charge in [0.2, 0.25) is 5.13 Å². The molecule has 2 aromatic carbocycles. The fourth-order valence-corrected chi connectivity index (χ4v) is 4.28. The molecule has 32 heavy (non-hydrogen) atoms. The highest BCUT2D eigenvalue weighted by Gasteiger charge is 2.23. The lowest BCUT2D eigenvalue weighted by atomic mass is 10.0. The normalized spacial score (nSPS) is 14.7. The molecule has 164 valence electrons. The lowest BCUT2D eigenvalue weighted by Crippen LogP contribution is -2.20. The number of para-hydroxylation sites is 1. The van der Waals surface area contributed by atoms with Gasteiger partial charge in [0.15, 0.2) is 6.04 Å². The quantitative estimate of drug-likeness (QED) is 0.289. The van der Waals surface area contributed by atoms with Crippen molar-refractivity contribution in [2.45, 2.75) is 25.3 Å². The Kier molecular flexibility index (Phi) is 6.50. The van der Waals surface area contributed by atoms with Crippen LogP contribution in [0.1, 0.15) is 18.4 Å². The van der Waals surface area contributed by atoms with Gasteiger partial charge < -0.3 is 10.0 Å². The summed E-state index contributed by atoms with van der Waals surface area (Å²) in [5.41, 5.74) is 3.04. The van der Waals surface area contributed by atoms with Crippen molar-refractivity contribution in [3.8, 4) is 11.3 Å². The smallest absolute Gasteiger partial charge is 0.330 e. The van der Waals surface area contributed by atoms with Crippen molar-refractivity contribution in [3.05, 3.63) is 69.6 Å². The molecule has 1 unspecified atom stereocenters. The zero-order valence-electron chi connectivity index (χ0n) is 17.1. The number of hydrogen-bond acceptors (Lipinski definition) is 8. The van der Waals surface area contributed by atoms with Crippen molar-refractivity contribution in [1.29, 1.82) is 0 Å². The van der Waals surface area contributed by atoms with Crippen LogP contribution in [0, 0.1) is 10.1 Å². The fourth-order valence-electron chi connectivity index (χ4n) is 3.63. The molecule has 4 rings (SSSR count). The van der Waals surface area contributed by atoms with Crippen molar-refractivity contribution in [2.24, 2.45) is 10.2 Å². The summed E-state index contributed by atoms with van der Waals surface area (Å²) >= 11 is 1.26. The zero-order valence-corrected chi connectivity index (χ0v) is 17.9. The maximum atomic E-state index is 11.6. The first-order valence-corrected chi connectivity index (χ1v) is 11.1. The Bertz CT molecular complexity index is 1140. The highest BCUT2D eigenvalue weighted by molar-refractivity contribution is 7.13. The van der Waals surface area contributed by atoms with Gasteiger partial charge in [0.1, 0.15) is 0 Å². The lowest BCUT2D eigenvalue weighted by Gasteiger charge is -2.17. The maximum absolute atomic E-state index is 11.6. The maximum Gasteiger partial charge on any atom is 0.330 e. The van der Waals surface area contributed by atoms with Crippen molar-refractivity contribution in [3.63, 3.8) is 0 Å². The minimum Gasteiger partial charge on any atom is -0.480 e. The van der Waals surface area contributed by atoms with E-state index in [1.807, 2.05) is 17.5 Å². The van der Waals surface area contributed by atoms with Gasteiger partial charge in [0.05, 0.1) is 10.6 Å². The van der Waals surface area contributed by atoms with Gasteiger partial charge in [-0.1, -0.05) is 30.3 Å². The molecule has 1 N–H and O–H groups in total. The second kappa shape index (κ2) is 9.65. The van der Waals surface area contributed by atoms with E-state index in [0.717, 1.165) is 24.3 Å². The summed E-state index contributed by atoms with van der Waals surface area (Å²) < 4.78 is 0. The molecule has 9 nitrogen and oxygen atoms in total. The minimum atomic E-state index is -1.25. The van der Waals surface area contributed by atoms with E-state index in [1.165, 1.54) is 48.1 Å². The van der Waals surface area contributed by atoms with Crippen LogP contribution >= 0.6 is 11.3 Å². The number of rotatable bonds is 8. The Morgan fingerprint density at radius 2 is 1.91 bits per heavy atom. The Hall–Kier alpha value is -3.66. The number of nitrogens with zero attached hydrogens (tertiary/aromatic N) is 5. The molecule has 1 aliphatic heterocycles. The van der Waals surface area contributed by atoms with E-state index in [2.05, 4.69) is 32.2 Å². The van der Waals surface area contributed by atoms with Crippen LogP contribution in [0.4, 0.5) is 16.5 Å². The summed E-state index contributed by atoms with van der Waals surface area (Å²) in [6.45, 7) is 2.16. The summed E-state index contributed by atoms with van der Waals surface area (Å²) in [4.78, 5) is 29.1. The molecule has 2 heterocycles. The third-order valence-electron chi connectivity index (χ3n) is 5.30. The van der Waals surface area contributed by atoms with Gasteiger partial charge in [-0.15, -0.1) is 16.5 Å². The van der Waals surface area contributed by atoms with E-state index in [4.69, 9.17) is 0 Å². The number of benzene rings is 2. The molecule has 0 amide bonds. The Morgan fingerprint density at radius 3 is 2.59 bits per heavy atom. The minimum absolute atomic E-state index is 0.133. The van der Waals surface area contributed by atoms with E-state index in [1.54, 1.807) is 6.07 Å². The SMILES string of the molecule is O=C(O)C(Cc1ccccc1[N+](=O)[O-])N=Nc1nc(-c2ccc(N3CCCC3)cc2)cs1. The number of azo groups is 1. The molecule has 0 bridgehead atoms. The number of hydrogen-bond donors (Lipinski definition) is 1. The van der Waals surface area contributed by atoms with Gasteiger partial charge in [-0.3, -0.25) is 10.1 Å². The van der Waals surface area contributed by atoms with E-state index >= 15 is 0 Å². The largest absolute Gasteiger partial charge is 0.480 e. The van der Waals surface area contributed by atoms with Crippen molar-refractivity contribution in [2.75, 3.05) is 18.0 Å². The molecule has 3 aromatic rings. The number of carbonyl (C=O) groups is 1. The third kappa shape index (κ3) is 4.97. The van der Waals surface area contributed by atoms with E-state index in [9.17, 15) is 20.0 Å². The summed E-state index contributed by atoms with van der Waals surface area (Å²) in [6.07, 6.45) is 2.31. The summed E-state index contributed by atoms with van der Waals surface area (Å²) in [6, 6.07) is 13.0. The van der Waals surface area contributed by atoms with Crippen molar-refractivity contribution in [1.82, 2.24) is 4.98 Å². The molecule has 1 aliphatic rings. The molecule has 0 radical (unpaired) electrons. The number of anilines is 1. The Labute approximate surface area is 188 Å². The number of aromatic nitrogens is 1. The highest BCUT2D eigenvalue weighted by Crippen LogP contribution is 2.30. The van der Waals surface area contributed by atoms with Crippen LogP contribution in [0.5, 0.6) is 0 Å². The van der Waals surface area contributed by atoms with Gasteiger partial charge in [-0.05, 0) is 25.0 Å². The van der Waals surface area contributed by atoms with Gasteiger partial charge in [-0.25, -0.2) is 9.78 Å². The number of nitro groups is 1. The molecule has 1 aromatic heterocycles. The van der Waals surface area contributed by atoms with Crippen LogP contribution in [0.15, 0.2) is 64.1 Å². The molecule has 1 atom stereocenters. The predicted octanol–water partition coefficient (Wildman–Crippen LogP) is 5.10. The van der Waals surface area contributed by atoms with E-state index in [-0.39, 0.29) is 12.1 Å². The topological polar surface area (TPSA) is 121 Å². The summed E-state index contributed by atoms with van der Waals surface area (Å²) in [5.74, 6) is -1.21. The molecule has 1 fully saturated rings. The Balaban J connectivity index is 1.47. The molecule has 10 heteroatoms. The van der Waals surface area contributed by atoms with Gasteiger partial charge in [0.25, 0.3) is 5.69 Å². The first kappa shape index (κ1) is 21.6. The van der Waals surface area contributed by atoms with E-state index in [0.29, 0.717) is 10.7 Å². The average molecular weight is 452 g/mol. The van der Waals surface area contributed by atoms with E-state index < -0.39 is 16.9 Å². The van der Waals surface area contributed by atoms with Crippen LogP contribution in [-0.2, 0) is 11.2 Å². The van der Waals surface area contributed by atoms with Crippen LogP contribution < -0.4 is 4.90 Å². The molecular formula is C22H21N5O4S. The third-order valence-corrected chi connectivity index (χ3v) is 6.02. The van der Waals surface area contributed by atoms with Crippen LogP contribution in [-0.4, -0.2) is 40.1 Å². The Morgan fingerprint density at radius 1 is 1.19 bits per heavy atom. The zero-order chi connectivity index (χ0) is 22.5. The number of carboxylic acids is 1. The molecular weight excluding hydrogens is 430 g/mol. The predicted molar refractivity (Wildman–Crippen MR) is 122 cm³/mol. The van der Waals surface area contributed by atoms with Crippen molar-refractivity contribution >= 4 is 33.8 Å².